The van der Waals surface area contributed by atoms with Crippen molar-refractivity contribution in [2.45, 2.75) is 6.92 Å². The second-order valence-corrected chi connectivity index (χ2v) is 7.34. The number of hydrogen-bond acceptors (Lipinski definition) is 4. The number of amides is 1. The van der Waals surface area contributed by atoms with Crippen LogP contribution in [0.4, 0.5) is 15.8 Å². The predicted molar refractivity (Wildman–Crippen MR) is 94.8 cm³/mol. The van der Waals surface area contributed by atoms with Gasteiger partial charge in [0.15, 0.2) is 0 Å². The maximum absolute atomic E-state index is 12.9. The molecule has 0 saturated carbocycles. The summed E-state index contributed by atoms with van der Waals surface area (Å²) in [5, 5.41) is 2.55. The van der Waals surface area contributed by atoms with Gasteiger partial charge in [-0.1, -0.05) is 0 Å². The topological polar surface area (TPSA) is 75.7 Å². The van der Waals surface area contributed by atoms with Crippen molar-refractivity contribution in [2.75, 3.05) is 29.0 Å². The van der Waals surface area contributed by atoms with Gasteiger partial charge < -0.3 is 10.1 Å². The monoisotopic (exact) mass is 366 g/mol. The molecule has 134 valence electrons. The smallest absolute Gasteiger partial charge is 0.245 e. The Hall–Kier alpha value is -2.61. The Morgan fingerprint density at radius 1 is 1.12 bits per heavy atom. The standard InChI is InChI=1S/C17H19FN2O4S/c1-3-25(22,23)20(15-8-10-16(24-2)11-9-15)12-17(21)19-14-6-4-13(18)5-7-14/h4-11H,3,12H2,1-2H3,(H,19,21). The number of hydrogen-bond donors (Lipinski definition) is 1. The van der Waals surface area contributed by atoms with E-state index in [1.165, 1.54) is 38.3 Å². The summed E-state index contributed by atoms with van der Waals surface area (Å²) in [7, 11) is -2.15. The first-order valence-corrected chi connectivity index (χ1v) is 9.16. The molecule has 6 nitrogen and oxygen atoms in total. The van der Waals surface area contributed by atoms with Crippen LogP contribution in [0.5, 0.6) is 5.75 Å². The molecule has 2 aromatic carbocycles. The van der Waals surface area contributed by atoms with Gasteiger partial charge in [0.2, 0.25) is 15.9 Å². The lowest BCUT2D eigenvalue weighted by molar-refractivity contribution is -0.114. The number of carbonyl (C=O) groups excluding carboxylic acids is 1. The summed E-state index contributed by atoms with van der Waals surface area (Å²) < 4.78 is 43.7. The summed E-state index contributed by atoms with van der Waals surface area (Å²) in [6.07, 6.45) is 0. The zero-order valence-corrected chi connectivity index (χ0v) is 14.7. The number of nitrogens with zero attached hydrogens (tertiary/aromatic N) is 1. The fraction of sp³-hybridized carbons (Fsp3) is 0.235. The highest BCUT2D eigenvalue weighted by Gasteiger charge is 2.23. The highest BCUT2D eigenvalue weighted by atomic mass is 32.2. The number of halogens is 1. The zero-order chi connectivity index (χ0) is 18.4. The lowest BCUT2D eigenvalue weighted by atomic mass is 10.3. The summed E-state index contributed by atoms with van der Waals surface area (Å²) >= 11 is 0. The number of rotatable bonds is 7. The van der Waals surface area contributed by atoms with Crippen LogP contribution in [0.2, 0.25) is 0 Å². The average Bonchev–Trinajstić information content (AvgIpc) is 2.61. The zero-order valence-electron chi connectivity index (χ0n) is 13.9. The molecule has 1 amide bonds. The lowest BCUT2D eigenvalue weighted by Crippen LogP contribution is -2.39. The number of methoxy groups -OCH3 is 1. The van der Waals surface area contributed by atoms with E-state index in [0.29, 0.717) is 17.1 Å². The molecule has 0 saturated heterocycles. The van der Waals surface area contributed by atoms with Gasteiger partial charge in [-0.25, -0.2) is 12.8 Å². The molecule has 0 aliphatic carbocycles. The third-order valence-electron chi connectivity index (χ3n) is 3.48. The van der Waals surface area contributed by atoms with Crippen molar-refractivity contribution in [3.05, 3.63) is 54.3 Å². The van der Waals surface area contributed by atoms with Crippen LogP contribution in [0.15, 0.2) is 48.5 Å². The molecule has 0 spiro atoms. The van der Waals surface area contributed by atoms with Crippen molar-refractivity contribution < 1.29 is 22.3 Å². The summed E-state index contributed by atoms with van der Waals surface area (Å²) in [4.78, 5) is 12.2. The Morgan fingerprint density at radius 3 is 2.24 bits per heavy atom. The van der Waals surface area contributed by atoms with Crippen molar-refractivity contribution in [3.8, 4) is 5.75 Å². The Kier molecular flexibility index (Phi) is 5.97. The maximum atomic E-state index is 12.9. The third kappa shape index (κ3) is 4.93. The number of carbonyl (C=O) groups is 1. The van der Waals surface area contributed by atoms with Gasteiger partial charge in [-0.3, -0.25) is 9.10 Å². The van der Waals surface area contributed by atoms with E-state index in [1.807, 2.05) is 0 Å². The van der Waals surface area contributed by atoms with Crippen LogP contribution >= 0.6 is 0 Å². The van der Waals surface area contributed by atoms with E-state index < -0.39 is 21.7 Å². The van der Waals surface area contributed by atoms with Crippen molar-refractivity contribution in [2.24, 2.45) is 0 Å². The van der Waals surface area contributed by atoms with Gasteiger partial charge in [-0.2, -0.15) is 0 Å². The molecule has 0 aromatic heterocycles. The molecule has 0 bridgehead atoms. The fourth-order valence-corrected chi connectivity index (χ4v) is 3.19. The molecule has 8 heteroatoms. The van der Waals surface area contributed by atoms with Crippen molar-refractivity contribution >= 4 is 27.3 Å². The fourth-order valence-electron chi connectivity index (χ4n) is 2.12. The second-order valence-electron chi connectivity index (χ2n) is 5.16. The van der Waals surface area contributed by atoms with Gasteiger partial charge in [-0.05, 0) is 55.5 Å². The summed E-state index contributed by atoms with van der Waals surface area (Å²) in [5.41, 5.74) is 0.742. The van der Waals surface area contributed by atoms with Crippen LogP contribution in [-0.4, -0.2) is 33.7 Å². The first-order valence-electron chi connectivity index (χ1n) is 7.55. The first kappa shape index (κ1) is 18.7. The van der Waals surface area contributed by atoms with E-state index in [9.17, 15) is 17.6 Å². The number of sulfonamides is 1. The highest BCUT2D eigenvalue weighted by Crippen LogP contribution is 2.22. The lowest BCUT2D eigenvalue weighted by Gasteiger charge is -2.23. The molecule has 1 N–H and O–H groups in total. The van der Waals surface area contributed by atoms with Crippen LogP contribution in [0.1, 0.15) is 6.92 Å². The van der Waals surface area contributed by atoms with Crippen LogP contribution in [0.3, 0.4) is 0 Å². The first-order chi connectivity index (χ1) is 11.9. The van der Waals surface area contributed by atoms with Crippen LogP contribution in [-0.2, 0) is 14.8 Å². The molecule has 0 unspecified atom stereocenters. The maximum Gasteiger partial charge on any atom is 0.245 e. The summed E-state index contributed by atoms with van der Waals surface area (Å²) in [6, 6.07) is 11.6. The largest absolute Gasteiger partial charge is 0.497 e. The number of ether oxygens (including phenoxy) is 1. The highest BCUT2D eigenvalue weighted by molar-refractivity contribution is 7.92. The Bertz CT molecular complexity index is 821. The predicted octanol–water partition coefficient (Wildman–Crippen LogP) is 2.63. The molecule has 0 radical (unpaired) electrons. The molecule has 0 aliphatic rings. The second kappa shape index (κ2) is 7.98. The van der Waals surface area contributed by atoms with Gasteiger partial charge in [-0.15, -0.1) is 0 Å². The van der Waals surface area contributed by atoms with E-state index in [-0.39, 0.29) is 12.3 Å². The molecule has 0 atom stereocenters. The van der Waals surface area contributed by atoms with E-state index in [0.717, 1.165) is 4.31 Å². The Labute approximate surface area is 146 Å². The molecule has 25 heavy (non-hydrogen) atoms. The molecule has 0 heterocycles. The Balaban J connectivity index is 2.20. The molecular weight excluding hydrogens is 347 g/mol. The molecule has 0 aliphatic heterocycles. The SMILES string of the molecule is CCS(=O)(=O)N(CC(=O)Nc1ccc(F)cc1)c1ccc(OC)cc1. The minimum Gasteiger partial charge on any atom is -0.497 e. The molecule has 0 fully saturated rings. The molecular formula is C17H19FN2O4S. The minimum absolute atomic E-state index is 0.150. The van der Waals surface area contributed by atoms with Crippen molar-refractivity contribution in [1.82, 2.24) is 0 Å². The third-order valence-corrected chi connectivity index (χ3v) is 5.22. The Morgan fingerprint density at radius 2 is 1.72 bits per heavy atom. The summed E-state index contributed by atoms with van der Waals surface area (Å²) in [6.45, 7) is 1.11. The van der Waals surface area contributed by atoms with Gasteiger partial charge in [0.05, 0.1) is 18.6 Å². The molecule has 2 aromatic rings. The van der Waals surface area contributed by atoms with Gasteiger partial charge in [0.1, 0.15) is 18.1 Å². The van der Waals surface area contributed by atoms with Crippen molar-refractivity contribution in [3.63, 3.8) is 0 Å². The van der Waals surface area contributed by atoms with Crippen molar-refractivity contribution in [1.29, 1.82) is 0 Å². The minimum atomic E-state index is -3.66. The van der Waals surface area contributed by atoms with Crippen LogP contribution < -0.4 is 14.4 Å². The molecule has 2 rings (SSSR count). The van der Waals surface area contributed by atoms with Gasteiger partial charge >= 0.3 is 0 Å². The van der Waals surface area contributed by atoms with E-state index in [2.05, 4.69) is 5.32 Å². The number of nitrogens with one attached hydrogen (secondary N) is 1. The number of benzene rings is 2. The normalized spacial score (nSPS) is 11.0. The van der Waals surface area contributed by atoms with Crippen LogP contribution in [0, 0.1) is 5.82 Å². The average molecular weight is 366 g/mol. The van der Waals surface area contributed by atoms with E-state index >= 15 is 0 Å². The van der Waals surface area contributed by atoms with Gasteiger partial charge in [0, 0.05) is 5.69 Å². The number of anilines is 2. The van der Waals surface area contributed by atoms with Crippen LogP contribution in [0.25, 0.3) is 0 Å². The van der Waals surface area contributed by atoms with E-state index in [1.54, 1.807) is 24.3 Å². The summed E-state index contributed by atoms with van der Waals surface area (Å²) in [5.74, 6) is -0.526. The van der Waals surface area contributed by atoms with Gasteiger partial charge in [0.25, 0.3) is 0 Å². The quantitative estimate of drug-likeness (QED) is 0.817. The van der Waals surface area contributed by atoms with E-state index in [4.69, 9.17) is 4.74 Å².